The van der Waals surface area contributed by atoms with Gasteiger partial charge in [-0.15, -0.1) is 0 Å². The largest absolute Gasteiger partial charge is 0.318 e. The van der Waals surface area contributed by atoms with Crippen LogP contribution in [0.3, 0.4) is 0 Å². The predicted octanol–water partition coefficient (Wildman–Crippen LogP) is 4.34. The van der Waals surface area contributed by atoms with E-state index in [9.17, 15) is 9.59 Å². The lowest BCUT2D eigenvalue weighted by atomic mass is 9.97. The van der Waals surface area contributed by atoms with Crippen LogP contribution in [0.4, 0.5) is 11.4 Å². The van der Waals surface area contributed by atoms with Gasteiger partial charge in [-0.1, -0.05) is 51.1 Å². The van der Waals surface area contributed by atoms with Crippen LogP contribution in [0.1, 0.15) is 44.2 Å². The van der Waals surface area contributed by atoms with Gasteiger partial charge in [0.05, 0.1) is 0 Å². The van der Waals surface area contributed by atoms with Gasteiger partial charge in [-0.3, -0.25) is 9.59 Å². The number of hydrogen-bond acceptors (Lipinski definition) is 2. The first kappa shape index (κ1) is 17.7. The number of rotatable bonds is 5. The van der Waals surface area contributed by atoms with Crippen molar-refractivity contribution >= 4 is 23.2 Å². The molecule has 0 radical (unpaired) electrons. The summed E-state index contributed by atoms with van der Waals surface area (Å²) in [6.45, 7) is 6.26. The maximum atomic E-state index is 12.2. The van der Waals surface area contributed by atoms with Gasteiger partial charge in [0.2, 0.25) is 0 Å². The molecular formula is C20H24N2O2. The number of benzene rings is 2. The van der Waals surface area contributed by atoms with E-state index in [0.717, 1.165) is 18.4 Å². The average Bonchev–Trinajstić information content (AvgIpc) is 2.62. The molecule has 2 aromatic carbocycles. The summed E-state index contributed by atoms with van der Waals surface area (Å²) in [5.74, 6) is -1.02. The van der Waals surface area contributed by atoms with Crippen LogP contribution < -0.4 is 10.6 Å². The Morgan fingerprint density at radius 2 is 1.54 bits per heavy atom. The number of aryl methyl sites for hydroxylation is 1. The standard InChI is InChI=1S/C20H24N2O2/c1-4-14(3)17-8-6-7-9-18(17)22-20(24)19(23)21-16-12-10-15(5-2)11-13-16/h6-14H,4-5H2,1-3H3,(H,21,23)(H,22,24). The predicted molar refractivity (Wildman–Crippen MR) is 98.2 cm³/mol. The normalized spacial score (nSPS) is 11.6. The van der Waals surface area contributed by atoms with Gasteiger partial charge in [0.25, 0.3) is 0 Å². The molecule has 2 aromatic rings. The van der Waals surface area contributed by atoms with E-state index in [1.165, 1.54) is 5.56 Å². The molecule has 2 N–H and O–H groups in total. The lowest BCUT2D eigenvalue weighted by molar-refractivity contribution is -0.133. The molecule has 0 heterocycles. The van der Waals surface area contributed by atoms with Crippen molar-refractivity contribution in [1.82, 2.24) is 0 Å². The Morgan fingerprint density at radius 1 is 0.917 bits per heavy atom. The number of nitrogens with one attached hydrogen (secondary N) is 2. The summed E-state index contributed by atoms with van der Waals surface area (Å²) in [6, 6.07) is 15.1. The van der Waals surface area contributed by atoms with E-state index < -0.39 is 11.8 Å². The molecule has 0 saturated carbocycles. The van der Waals surface area contributed by atoms with Crippen molar-refractivity contribution in [3.05, 3.63) is 59.7 Å². The third-order valence-electron chi connectivity index (χ3n) is 4.18. The first-order valence-electron chi connectivity index (χ1n) is 8.35. The van der Waals surface area contributed by atoms with Crippen LogP contribution >= 0.6 is 0 Å². The molecule has 24 heavy (non-hydrogen) atoms. The van der Waals surface area contributed by atoms with Crippen molar-refractivity contribution < 1.29 is 9.59 Å². The van der Waals surface area contributed by atoms with E-state index in [2.05, 4.69) is 31.4 Å². The van der Waals surface area contributed by atoms with Gasteiger partial charge in [0.1, 0.15) is 0 Å². The fourth-order valence-electron chi connectivity index (χ4n) is 2.45. The maximum Gasteiger partial charge on any atom is 0.314 e. The van der Waals surface area contributed by atoms with Crippen molar-refractivity contribution in [2.45, 2.75) is 39.5 Å². The van der Waals surface area contributed by atoms with Crippen LogP contribution in [-0.4, -0.2) is 11.8 Å². The lowest BCUT2D eigenvalue weighted by Gasteiger charge is -2.15. The van der Waals surface area contributed by atoms with E-state index in [-0.39, 0.29) is 0 Å². The quantitative estimate of drug-likeness (QED) is 0.804. The summed E-state index contributed by atoms with van der Waals surface area (Å²) in [7, 11) is 0. The van der Waals surface area contributed by atoms with Crippen molar-refractivity contribution in [3.8, 4) is 0 Å². The number of hydrogen-bond donors (Lipinski definition) is 2. The highest BCUT2D eigenvalue weighted by Gasteiger charge is 2.17. The molecule has 4 heteroatoms. The molecular weight excluding hydrogens is 300 g/mol. The Labute approximate surface area is 143 Å². The molecule has 2 amide bonds. The van der Waals surface area contributed by atoms with E-state index in [4.69, 9.17) is 0 Å². The molecule has 0 spiro atoms. The Balaban J connectivity index is 2.05. The summed E-state index contributed by atoms with van der Waals surface area (Å²) in [5, 5.41) is 5.34. The third kappa shape index (κ3) is 4.44. The van der Waals surface area contributed by atoms with Gasteiger partial charge in [-0.25, -0.2) is 0 Å². The molecule has 1 unspecified atom stereocenters. The van der Waals surface area contributed by atoms with Crippen LogP contribution in [-0.2, 0) is 16.0 Å². The molecule has 0 bridgehead atoms. The fourth-order valence-corrected chi connectivity index (χ4v) is 2.45. The SMILES string of the molecule is CCc1ccc(NC(=O)C(=O)Nc2ccccc2C(C)CC)cc1. The van der Waals surface area contributed by atoms with E-state index in [0.29, 0.717) is 17.3 Å². The molecule has 1 atom stereocenters. The summed E-state index contributed by atoms with van der Waals surface area (Å²) in [5.41, 5.74) is 3.52. The summed E-state index contributed by atoms with van der Waals surface area (Å²) < 4.78 is 0. The minimum absolute atomic E-state index is 0.311. The Morgan fingerprint density at radius 3 is 2.17 bits per heavy atom. The van der Waals surface area contributed by atoms with Crippen LogP contribution in [0.5, 0.6) is 0 Å². The molecule has 126 valence electrons. The van der Waals surface area contributed by atoms with Crippen molar-refractivity contribution in [3.63, 3.8) is 0 Å². The summed E-state index contributed by atoms with van der Waals surface area (Å²) in [4.78, 5) is 24.3. The van der Waals surface area contributed by atoms with Crippen molar-refractivity contribution in [2.24, 2.45) is 0 Å². The zero-order valence-corrected chi connectivity index (χ0v) is 14.4. The Hall–Kier alpha value is -2.62. The maximum absolute atomic E-state index is 12.2. The second-order valence-corrected chi connectivity index (χ2v) is 5.86. The molecule has 0 aromatic heterocycles. The van der Waals surface area contributed by atoms with E-state index >= 15 is 0 Å². The lowest BCUT2D eigenvalue weighted by Crippen LogP contribution is -2.29. The van der Waals surface area contributed by atoms with Crippen LogP contribution in [0.15, 0.2) is 48.5 Å². The van der Waals surface area contributed by atoms with Gasteiger partial charge in [-0.05, 0) is 48.1 Å². The molecule has 0 saturated heterocycles. The first-order valence-corrected chi connectivity index (χ1v) is 8.35. The number of carbonyl (C=O) groups excluding carboxylic acids is 2. The minimum atomic E-state index is -0.668. The monoisotopic (exact) mass is 324 g/mol. The summed E-state index contributed by atoms with van der Waals surface area (Å²) in [6.07, 6.45) is 1.89. The Kier molecular flexibility index (Phi) is 6.13. The van der Waals surface area contributed by atoms with Gasteiger partial charge >= 0.3 is 11.8 Å². The van der Waals surface area contributed by atoms with Crippen LogP contribution in [0.2, 0.25) is 0 Å². The molecule has 2 rings (SSSR count). The highest BCUT2D eigenvalue weighted by Crippen LogP contribution is 2.26. The molecule has 0 fully saturated rings. The highest BCUT2D eigenvalue weighted by atomic mass is 16.2. The van der Waals surface area contributed by atoms with Gasteiger partial charge in [0, 0.05) is 11.4 Å². The first-order chi connectivity index (χ1) is 11.5. The fraction of sp³-hybridized carbons (Fsp3) is 0.300. The van der Waals surface area contributed by atoms with Crippen LogP contribution in [0.25, 0.3) is 0 Å². The smallest absolute Gasteiger partial charge is 0.314 e. The zero-order chi connectivity index (χ0) is 17.5. The van der Waals surface area contributed by atoms with E-state index in [1.807, 2.05) is 36.4 Å². The topological polar surface area (TPSA) is 58.2 Å². The zero-order valence-electron chi connectivity index (χ0n) is 14.4. The molecule has 0 aliphatic carbocycles. The van der Waals surface area contributed by atoms with Gasteiger partial charge in [0.15, 0.2) is 0 Å². The molecule has 0 aliphatic rings. The van der Waals surface area contributed by atoms with E-state index in [1.54, 1.807) is 12.1 Å². The molecule has 4 nitrogen and oxygen atoms in total. The minimum Gasteiger partial charge on any atom is -0.318 e. The summed E-state index contributed by atoms with van der Waals surface area (Å²) >= 11 is 0. The van der Waals surface area contributed by atoms with Gasteiger partial charge < -0.3 is 10.6 Å². The van der Waals surface area contributed by atoms with Crippen molar-refractivity contribution in [1.29, 1.82) is 0 Å². The molecule has 0 aliphatic heterocycles. The number of anilines is 2. The third-order valence-corrected chi connectivity index (χ3v) is 4.18. The second kappa shape index (κ2) is 8.29. The number of para-hydroxylation sites is 1. The second-order valence-electron chi connectivity index (χ2n) is 5.86. The van der Waals surface area contributed by atoms with Crippen LogP contribution in [0, 0.1) is 0 Å². The van der Waals surface area contributed by atoms with Gasteiger partial charge in [-0.2, -0.15) is 0 Å². The number of amides is 2. The highest BCUT2D eigenvalue weighted by molar-refractivity contribution is 6.43. The average molecular weight is 324 g/mol. The number of carbonyl (C=O) groups is 2. The van der Waals surface area contributed by atoms with Crippen molar-refractivity contribution in [2.75, 3.05) is 10.6 Å². The Bertz CT molecular complexity index is 708.